The van der Waals surface area contributed by atoms with Gasteiger partial charge in [0.2, 0.25) is 11.8 Å². The van der Waals surface area contributed by atoms with Gasteiger partial charge in [-0.05, 0) is 77.3 Å². The van der Waals surface area contributed by atoms with Gasteiger partial charge in [0.25, 0.3) is 0 Å². The summed E-state index contributed by atoms with van der Waals surface area (Å²) in [6.07, 6.45) is 5.62. The van der Waals surface area contributed by atoms with Crippen LogP contribution in [0.25, 0.3) is 0 Å². The van der Waals surface area contributed by atoms with E-state index < -0.39 is 50.3 Å². The third-order valence-corrected chi connectivity index (χ3v) is 12.4. The van der Waals surface area contributed by atoms with Crippen molar-refractivity contribution in [3.8, 4) is 5.75 Å². The van der Waals surface area contributed by atoms with Crippen molar-refractivity contribution < 1.29 is 28.2 Å². The molecule has 266 valence electrons. The number of carbonyl (C=O) groups excluding carboxylic acids is 2. The fourth-order valence-electron chi connectivity index (χ4n) is 7.15. The Morgan fingerprint density at radius 3 is 2.21 bits per heavy atom. The van der Waals surface area contributed by atoms with Gasteiger partial charge in [0.05, 0.1) is 22.9 Å². The third kappa shape index (κ3) is 9.80. The number of aliphatic hydroxyl groups is 1. The number of sulfone groups is 1. The largest absolute Gasteiger partial charge is 0.508 e. The first kappa shape index (κ1) is 37.8. The van der Waals surface area contributed by atoms with Crippen molar-refractivity contribution in [2.24, 2.45) is 11.8 Å². The molecule has 6 atom stereocenters. The van der Waals surface area contributed by atoms with Crippen LogP contribution in [0.15, 0.2) is 54.6 Å². The number of para-hydroxylation sites is 1. The lowest BCUT2D eigenvalue weighted by molar-refractivity contribution is -0.133. The quantitative estimate of drug-likeness (QED) is 0.215. The molecular formula is C37H56N4O6S. The molecule has 48 heavy (non-hydrogen) atoms. The van der Waals surface area contributed by atoms with E-state index in [-0.39, 0.29) is 24.7 Å². The number of aliphatic hydroxyl groups excluding tert-OH is 1. The number of rotatable bonds is 13. The van der Waals surface area contributed by atoms with Gasteiger partial charge in [-0.1, -0.05) is 67.8 Å². The number of piperidine rings is 1. The van der Waals surface area contributed by atoms with Crippen molar-refractivity contribution >= 4 is 21.7 Å². The fourth-order valence-corrected chi connectivity index (χ4v) is 7.77. The number of hydrogen-bond acceptors (Lipinski definition) is 8. The van der Waals surface area contributed by atoms with Gasteiger partial charge in [0, 0.05) is 37.0 Å². The maximum absolute atomic E-state index is 14.2. The van der Waals surface area contributed by atoms with Crippen LogP contribution in [0.3, 0.4) is 0 Å². The van der Waals surface area contributed by atoms with Crippen molar-refractivity contribution in [3.63, 3.8) is 0 Å². The lowest BCUT2D eigenvalue weighted by atomic mass is 9.72. The molecule has 1 saturated heterocycles. The van der Waals surface area contributed by atoms with Crippen molar-refractivity contribution in [2.75, 3.05) is 19.3 Å². The molecule has 2 aromatic carbocycles. The van der Waals surface area contributed by atoms with Crippen LogP contribution < -0.4 is 16.0 Å². The number of carbonyl (C=O) groups is 2. The maximum Gasteiger partial charge on any atom is 0.239 e. The summed E-state index contributed by atoms with van der Waals surface area (Å²) in [5, 5.41) is 31.5. The van der Waals surface area contributed by atoms with Gasteiger partial charge in [-0.2, -0.15) is 0 Å². The molecule has 1 aliphatic carbocycles. The Hall–Kier alpha value is -2.99. The number of hydrogen-bond donors (Lipinski definition) is 5. The highest BCUT2D eigenvalue weighted by atomic mass is 32.2. The smallest absolute Gasteiger partial charge is 0.239 e. The molecule has 5 N–H and O–H groups in total. The summed E-state index contributed by atoms with van der Waals surface area (Å²) in [6.45, 7) is 9.81. The first-order valence-electron chi connectivity index (χ1n) is 17.2. The lowest BCUT2D eigenvalue weighted by Gasteiger charge is -2.47. The molecule has 11 heteroatoms. The molecule has 2 unspecified atom stereocenters. The SMILES string of the molecule is CC(C)(C)NC(=O)[C@@H]1CC2CCCCC2CN1C[C@@H](O)[C@H](Cc1ccccc1)NC(=O)[C@@H](NCc1ccccc1O)C(C)(C)S(C)(=O)=O. The average Bonchev–Trinajstić information content (AvgIpc) is 3.00. The van der Waals surface area contributed by atoms with Crippen molar-refractivity contribution in [2.45, 2.75) is 114 Å². The molecule has 1 heterocycles. The van der Waals surface area contributed by atoms with Crippen LogP contribution in [-0.2, 0) is 32.4 Å². The number of fused-ring (bicyclic) bond motifs is 1. The number of benzene rings is 2. The van der Waals surface area contributed by atoms with Gasteiger partial charge < -0.3 is 26.2 Å². The van der Waals surface area contributed by atoms with Gasteiger partial charge in [0.15, 0.2) is 9.84 Å². The van der Waals surface area contributed by atoms with E-state index >= 15 is 0 Å². The Kier molecular flexibility index (Phi) is 12.4. The molecule has 1 aliphatic heterocycles. The predicted octanol–water partition coefficient (Wildman–Crippen LogP) is 3.56. The van der Waals surface area contributed by atoms with E-state index in [2.05, 4.69) is 20.9 Å². The molecule has 0 radical (unpaired) electrons. The number of nitrogens with zero attached hydrogens (tertiary/aromatic N) is 1. The standard InChI is InChI=1S/C37H56N4O6S/c1-36(2,3)40-34(44)30-21-26-16-10-11-18-28(26)23-41(30)24-32(43)29(20-25-14-8-7-9-15-25)39-35(45)33(37(4,5)48(6,46)47)38-22-27-17-12-13-19-31(27)42/h7-9,12-15,17,19,26,28-30,32-33,38,42-43H,10-11,16,18,20-24H2,1-6H3,(H,39,45)(H,40,44)/t26?,28?,29-,30-,32+,33+/m0/s1. The number of phenolic OH excluding ortho intramolecular Hbond substituents is 1. The minimum Gasteiger partial charge on any atom is -0.508 e. The average molecular weight is 685 g/mol. The summed E-state index contributed by atoms with van der Waals surface area (Å²) < 4.78 is 24.5. The van der Waals surface area contributed by atoms with Crippen LogP contribution in [0, 0.1) is 11.8 Å². The van der Waals surface area contributed by atoms with Gasteiger partial charge in [-0.25, -0.2) is 8.42 Å². The van der Waals surface area contributed by atoms with E-state index in [1.165, 1.54) is 26.3 Å². The summed E-state index contributed by atoms with van der Waals surface area (Å²) in [4.78, 5) is 29.9. The third-order valence-electron chi connectivity index (χ3n) is 10.2. The number of likely N-dealkylation sites (tertiary alicyclic amines) is 1. The molecule has 0 aromatic heterocycles. The van der Waals surface area contributed by atoms with Crippen LogP contribution in [0.2, 0.25) is 0 Å². The molecule has 2 aliphatic rings. The zero-order valence-electron chi connectivity index (χ0n) is 29.4. The molecule has 0 spiro atoms. The highest BCUT2D eigenvalue weighted by molar-refractivity contribution is 7.92. The molecule has 2 fully saturated rings. The number of nitrogens with one attached hydrogen (secondary N) is 3. The Bertz CT molecular complexity index is 1490. The zero-order chi connectivity index (χ0) is 35.3. The Morgan fingerprint density at radius 1 is 0.958 bits per heavy atom. The molecule has 10 nitrogen and oxygen atoms in total. The normalized spacial score (nSPS) is 22.6. The monoisotopic (exact) mass is 684 g/mol. The second-order valence-corrected chi connectivity index (χ2v) is 18.0. The van der Waals surface area contributed by atoms with Gasteiger partial charge >= 0.3 is 0 Å². The second-order valence-electron chi connectivity index (χ2n) is 15.4. The Morgan fingerprint density at radius 2 is 1.58 bits per heavy atom. The number of amides is 2. The predicted molar refractivity (Wildman–Crippen MR) is 189 cm³/mol. The van der Waals surface area contributed by atoms with E-state index in [9.17, 15) is 28.2 Å². The topological polar surface area (TPSA) is 148 Å². The molecule has 0 bridgehead atoms. The van der Waals surface area contributed by atoms with Gasteiger partial charge in [-0.3, -0.25) is 14.5 Å². The van der Waals surface area contributed by atoms with E-state index in [1.807, 2.05) is 51.1 Å². The first-order valence-corrected chi connectivity index (χ1v) is 19.1. The highest BCUT2D eigenvalue weighted by Gasteiger charge is 2.45. The molecule has 4 rings (SSSR count). The lowest BCUT2D eigenvalue weighted by Crippen LogP contribution is -2.63. The number of aromatic hydroxyl groups is 1. The Labute approximate surface area is 287 Å². The Balaban J connectivity index is 1.61. The minimum atomic E-state index is -3.74. The highest BCUT2D eigenvalue weighted by Crippen LogP contribution is 2.39. The molecule has 1 saturated carbocycles. The van der Waals surface area contributed by atoms with Crippen LogP contribution in [0.5, 0.6) is 5.75 Å². The van der Waals surface area contributed by atoms with Crippen molar-refractivity contribution in [1.29, 1.82) is 0 Å². The molecule has 2 aromatic rings. The van der Waals surface area contributed by atoms with Crippen LogP contribution in [-0.4, -0.2) is 89.2 Å². The van der Waals surface area contributed by atoms with E-state index in [0.717, 1.165) is 37.5 Å². The number of phenols is 1. The van der Waals surface area contributed by atoms with Crippen LogP contribution in [0.4, 0.5) is 0 Å². The molecule has 2 amide bonds. The fraction of sp³-hybridized carbons (Fsp3) is 0.622. The summed E-state index contributed by atoms with van der Waals surface area (Å²) in [5.41, 5.74) is 1.02. The summed E-state index contributed by atoms with van der Waals surface area (Å²) in [6, 6.07) is 13.8. The summed E-state index contributed by atoms with van der Waals surface area (Å²) in [5.74, 6) is 0.326. The summed E-state index contributed by atoms with van der Waals surface area (Å²) >= 11 is 0. The van der Waals surface area contributed by atoms with Gasteiger partial charge in [-0.15, -0.1) is 0 Å². The van der Waals surface area contributed by atoms with E-state index in [0.29, 0.717) is 30.4 Å². The van der Waals surface area contributed by atoms with Gasteiger partial charge in [0.1, 0.15) is 11.8 Å². The summed E-state index contributed by atoms with van der Waals surface area (Å²) in [7, 11) is -3.74. The van der Waals surface area contributed by atoms with E-state index in [4.69, 9.17) is 0 Å². The first-order chi connectivity index (χ1) is 22.5. The van der Waals surface area contributed by atoms with Crippen LogP contribution >= 0.6 is 0 Å². The minimum absolute atomic E-state index is 0.0329. The number of β-amino-alcohol motifs (C(OH)–C–C–N with tert-alkyl or cyclic N) is 1. The van der Waals surface area contributed by atoms with E-state index in [1.54, 1.807) is 18.2 Å². The second kappa shape index (κ2) is 15.7. The van der Waals surface area contributed by atoms with Crippen molar-refractivity contribution in [3.05, 3.63) is 65.7 Å². The van der Waals surface area contributed by atoms with Crippen molar-refractivity contribution in [1.82, 2.24) is 20.9 Å². The maximum atomic E-state index is 14.2. The van der Waals surface area contributed by atoms with Crippen LogP contribution in [0.1, 0.15) is 77.8 Å². The molecular weight excluding hydrogens is 628 g/mol. The zero-order valence-corrected chi connectivity index (χ0v) is 30.2.